The van der Waals surface area contributed by atoms with Crippen LogP contribution in [0.25, 0.3) is 0 Å². The number of anilines is 1. The molecule has 80 valence electrons. The summed E-state index contributed by atoms with van der Waals surface area (Å²) >= 11 is 2.18. The first-order valence-corrected chi connectivity index (χ1v) is 6.05. The number of carbonyl (C=O) groups is 1. The third kappa shape index (κ3) is 2.64. The van der Waals surface area contributed by atoms with Crippen LogP contribution in [-0.4, -0.2) is 29.3 Å². The zero-order chi connectivity index (χ0) is 10.7. The molecule has 0 aromatic carbocycles. The van der Waals surface area contributed by atoms with E-state index in [1.807, 2.05) is 0 Å². The first-order valence-electron chi connectivity index (χ1n) is 4.97. The van der Waals surface area contributed by atoms with E-state index in [9.17, 15) is 4.79 Å². The molecule has 0 bridgehead atoms. The van der Waals surface area contributed by atoms with Crippen LogP contribution in [0.5, 0.6) is 0 Å². The molecule has 0 radical (unpaired) electrons. The van der Waals surface area contributed by atoms with E-state index in [4.69, 9.17) is 0 Å². The third-order valence-electron chi connectivity index (χ3n) is 2.54. The maximum absolute atomic E-state index is 10.7. The first kappa shape index (κ1) is 10.8. The topological polar surface area (TPSA) is 46.1 Å². The Morgan fingerprint density at radius 1 is 1.47 bits per heavy atom. The highest BCUT2D eigenvalue weighted by Gasteiger charge is 2.20. The number of piperidine rings is 1. The summed E-state index contributed by atoms with van der Waals surface area (Å²) in [5.74, 6) is 0.878. The monoisotopic (exact) mass is 317 g/mol. The van der Waals surface area contributed by atoms with Gasteiger partial charge in [0.15, 0.2) is 0 Å². The van der Waals surface area contributed by atoms with Gasteiger partial charge in [0.2, 0.25) is 5.95 Å². The molecule has 5 heteroatoms. The summed E-state index contributed by atoms with van der Waals surface area (Å²) in [5.41, 5.74) is 0. The van der Waals surface area contributed by atoms with E-state index in [0.717, 1.165) is 41.7 Å². The SMILES string of the molecule is O=CC1CCCN(c2ncc(I)cn2)C1. The van der Waals surface area contributed by atoms with Crippen molar-refractivity contribution in [3.8, 4) is 0 Å². The molecule has 0 N–H and O–H groups in total. The summed E-state index contributed by atoms with van der Waals surface area (Å²) in [5, 5.41) is 0. The summed E-state index contributed by atoms with van der Waals surface area (Å²) in [6.07, 6.45) is 6.67. The normalized spacial score (nSPS) is 21.4. The Balaban J connectivity index is 2.09. The average molecular weight is 317 g/mol. The van der Waals surface area contributed by atoms with Gasteiger partial charge in [-0.2, -0.15) is 0 Å². The molecule has 0 amide bonds. The Morgan fingerprint density at radius 2 is 2.20 bits per heavy atom. The number of aromatic nitrogens is 2. The van der Waals surface area contributed by atoms with Gasteiger partial charge in [0.1, 0.15) is 6.29 Å². The van der Waals surface area contributed by atoms with Crippen molar-refractivity contribution in [2.45, 2.75) is 12.8 Å². The van der Waals surface area contributed by atoms with Gasteiger partial charge in [-0.1, -0.05) is 0 Å². The lowest BCUT2D eigenvalue weighted by Gasteiger charge is -2.29. The number of carbonyl (C=O) groups excluding carboxylic acids is 1. The molecular weight excluding hydrogens is 305 g/mol. The van der Waals surface area contributed by atoms with Gasteiger partial charge in [-0.15, -0.1) is 0 Å². The number of rotatable bonds is 2. The summed E-state index contributed by atoms with van der Waals surface area (Å²) in [7, 11) is 0. The van der Waals surface area contributed by atoms with E-state index in [1.165, 1.54) is 0 Å². The summed E-state index contributed by atoms with van der Waals surface area (Å²) in [6.45, 7) is 1.70. The standard InChI is InChI=1S/C10H12IN3O/c11-9-4-12-10(13-5-9)14-3-1-2-8(6-14)7-15/h4-5,7-8H,1-3,6H2. The molecule has 15 heavy (non-hydrogen) atoms. The van der Waals surface area contributed by atoms with Gasteiger partial charge in [-0.25, -0.2) is 9.97 Å². The highest BCUT2D eigenvalue weighted by atomic mass is 127. The number of aldehydes is 1. The quantitative estimate of drug-likeness (QED) is 0.613. The Bertz CT molecular complexity index is 341. The van der Waals surface area contributed by atoms with Gasteiger partial charge in [0.05, 0.1) is 0 Å². The zero-order valence-electron chi connectivity index (χ0n) is 8.27. The molecule has 4 nitrogen and oxygen atoms in total. The molecule has 2 rings (SSSR count). The third-order valence-corrected chi connectivity index (χ3v) is 3.10. The van der Waals surface area contributed by atoms with Gasteiger partial charge in [-0.3, -0.25) is 0 Å². The number of nitrogens with zero attached hydrogens (tertiary/aromatic N) is 3. The second kappa shape index (κ2) is 4.87. The molecule has 2 heterocycles. The van der Waals surface area contributed by atoms with Gasteiger partial charge in [0, 0.05) is 35.0 Å². The van der Waals surface area contributed by atoms with Crippen molar-refractivity contribution in [1.82, 2.24) is 9.97 Å². The van der Waals surface area contributed by atoms with Gasteiger partial charge in [-0.05, 0) is 35.4 Å². The number of hydrogen-bond donors (Lipinski definition) is 0. The second-order valence-electron chi connectivity index (χ2n) is 3.69. The van der Waals surface area contributed by atoms with Gasteiger partial charge < -0.3 is 9.69 Å². The fraction of sp³-hybridized carbons (Fsp3) is 0.500. The minimum Gasteiger partial charge on any atom is -0.340 e. The molecule has 1 saturated heterocycles. The van der Waals surface area contributed by atoms with Crippen molar-refractivity contribution in [3.63, 3.8) is 0 Å². The fourth-order valence-corrected chi connectivity index (χ4v) is 2.05. The fourth-order valence-electron chi connectivity index (χ4n) is 1.77. The number of halogens is 1. The van der Waals surface area contributed by atoms with E-state index in [-0.39, 0.29) is 5.92 Å². The van der Waals surface area contributed by atoms with Crippen molar-refractivity contribution >= 4 is 34.8 Å². The smallest absolute Gasteiger partial charge is 0.225 e. The Morgan fingerprint density at radius 3 is 2.87 bits per heavy atom. The van der Waals surface area contributed by atoms with Crippen LogP contribution in [0.4, 0.5) is 5.95 Å². The number of hydrogen-bond acceptors (Lipinski definition) is 4. The maximum Gasteiger partial charge on any atom is 0.225 e. The molecule has 1 aromatic rings. The molecule has 1 aliphatic heterocycles. The highest BCUT2D eigenvalue weighted by Crippen LogP contribution is 2.18. The lowest BCUT2D eigenvalue weighted by Crippen LogP contribution is -2.37. The van der Waals surface area contributed by atoms with Gasteiger partial charge in [0.25, 0.3) is 0 Å². The first-order chi connectivity index (χ1) is 7.29. The zero-order valence-corrected chi connectivity index (χ0v) is 10.4. The summed E-state index contributed by atoms with van der Waals surface area (Å²) in [4.78, 5) is 21.3. The highest BCUT2D eigenvalue weighted by molar-refractivity contribution is 14.1. The molecule has 1 aliphatic rings. The van der Waals surface area contributed by atoms with Gasteiger partial charge >= 0.3 is 0 Å². The van der Waals surface area contributed by atoms with E-state index in [2.05, 4.69) is 37.5 Å². The van der Waals surface area contributed by atoms with Crippen molar-refractivity contribution in [3.05, 3.63) is 16.0 Å². The van der Waals surface area contributed by atoms with E-state index in [1.54, 1.807) is 12.4 Å². The second-order valence-corrected chi connectivity index (χ2v) is 4.93. The van der Waals surface area contributed by atoms with Crippen molar-refractivity contribution in [1.29, 1.82) is 0 Å². The molecular formula is C10H12IN3O. The lowest BCUT2D eigenvalue weighted by atomic mass is 10.0. The van der Waals surface area contributed by atoms with Crippen LogP contribution in [0, 0.1) is 9.49 Å². The maximum atomic E-state index is 10.7. The Kier molecular flexibility index (Phi) is 3.50. The van der Waals surface area contributed by atoms with Crippen LogP contribution < -0.4 is 4.90 Å². The van der Waals surface area contributed by atoms with Crippen LogP contribution in [0.1, 0.15) is 12.8 Å². The van der Waals surface area contributed by atoms with Crippen LogP contribution in [-0.2, 0) is 4.79 Å². The van der Waals surface area contributed by atoms with E-state index in [0.29, 0.717) is 0 Å². The van der Waals surface area contributed by atoms with Crippen LogP contribution in [0.15, 0.2) is 12.4 Å². The predicted octanol–water partition coefficient (Wildman–Crippen LogP) is 1.50. The summed E-state index contributed by atoms with van der Waals surface area (Å²) < 4.78 is 1.03. The minimum absolute atomic E-state index is 0.140. The van der Waals surface area contributed by atoms with Crippen LogP contribution in [0.3, 0.4) is 0 Å². The Labute approximate surface area is 102 Å². The largest absolute Gasteiger partial charge is 0.340 e. The molecule has 1 unspecified atom stereocenters. The van der Waals surface area contributed by atoms with E-state index < -0.39 is 0 Å². The molecule has 0 saturated carbocycles. The van der Waals surface area contributed by atoms with Crippen LogP contribution in [0.2, 0.25) is 0 Å². The molecule has 0 aliphatic carbocycles. The van der Waals surface area contributed by atoms with E-state index >= 15 is 0 Å². The Hall–Kier alpha value is -0.720. The molecule has 1 aromatic heterocycles. The minimum atomic E-state index is 0.140. The summed E-state index contributed by atoms with van der Waals surface area (Å²) in [6, 6.07) is 0. The predicted molar refractivity (Wildman–Crippen MR) is 65.8 cm³/mol. The molecule has 1 atom stereocenters. The van der Waals surface area contributed by atoms with Crippen molar-refractivity contribution in [2.24, 2.45) is 5.92 Å². The van der Waals surface area contributed by atoms with Crippen molar-refractivity contribution in [2.75, 3.05) is 18.0 Å². The lowest BCUT2D eigenvalue weighted by molar-refractivity contribution is -0.111. The molecule has 1 fully saturated rings. The van der Waals surface area contributed by atoms with Crippen LogP contribution >= 0.6 is 22.6 Å². The molecule has 0 spiro atoms. The average Bonchev–Trinajstić information content (AvgIpc) is 2.30. The van der Waals surface area contributed by atoms with Crippen molar-refractivity contribution < 1.29 is 4.79 Å².